The number of amides is 1. The summed E-state index contributed by atoms with van der Waals surface area (Å²) >= 11 is 3.51. The summed E-state index contributed by atoms with van der Waals surface area (Å²) in [7, 11) is 1.60. The van der Waals surface area contributed by atoms with Crippen molar-refractivity contribution < 1.29 is 14.6 Å². The maximum atomic E-state index is 13.0. The Morgan fingerprint density at radius 2 is 1.90 bits per heavy atom. The van der Waals surface area contributed by atoms with E-state index in [-0.39, 0.29) is 5.76 Å². The first-order valence-corrected chi connectivity index (χ1v) is 9.91. The van der Waals surface area contributed by atoms with Gasteiger partial charge >= 0.3 is 0 Å². The van der Waals surface area contributed by atoms with Gasteiger partial charge in [-0.3, -0.25) is 9.78 Å². The van der Waals surface area contributed by atoms with Crippen LogP contribution in [0.2, 0.25) is 0 Å². The lowest BCUT2D eigenvalue weighted by atomic mass is 9.93. The molecule has 6 heteroatoms. The molecular weight excluding hydrogens is 432 g/mol. The van der Waals surface area contributed by atoms with Gasteiger partial charge < -0.3 is 14.7 Å². The summed E-state index contributed by atoms with van der Waals surface area (Å²) in [6.07, 6.45) is 1.70. The smallest absolute Gasteiger partial charge is 0.290 e. The van der Waals surface area contributed by atoms with Crippen LogP contribution < -0.4 is 4.74 Å². The molecule has 1 atom stereocenters. The third kappa shape index (κ3) is 3.76. The molecule has 0 saturated carbocycles. The van der Waals surface area contributed by atoms with Crippen molar-refractivity contribution >= 4 is 27.4 Å². The molecular formula is C23H19BrN2O3. The summed E-state index contributed by atoms with van der Waals surface area (Å²) in [5.74, 6) is 0.0602. The second-order valence-corrected chi connectivity index (χ2v) is 7.62. The van der Waals surface area contributed by atoms with E-state index in [4.69, 9.17) is 4.74 Å². The Morgan fingerprint density at radius 1 is 1.10 bits per heavy atom. The second kappa shape index (κ2) is 8.09. The van der Waals surface area contributed by atoms with Crippen molar-refractivity contribution in [3.63, 3.8) is 0 Å². The van der Waals surface area contributed by atoms with E-state index in [1.807, 2.05) is 66.7 Å². The molecule has 2 aromatic carbocycles. The zero-order valence-electron chi connectivity index (χ0n) is 15.7. The number of aromatic nitrogens is 1. The van der Waals surface area contributed by atoms with Crippen molar-refractivity contribution in [1.82, 2.24) is 9.88 Å². The minimum atomic E-state index is -0.435. The molecule has 0 spiro atoms. The van der Waals surface area contributed by atoms with Gasteiger partial charge in [-0.05, 0) is 47.5 Å². The molecule has 0 aliphatic carbocycles. The summed E-state index contributed by atoms with van der Waals surface area (Å²) in [6.45, 7) is 0.292. The number of aliphatic hydroxyl groups excluding tert-OH is 1. The lowest BCUT2D eigenvalue weighted by molar-refractivity contribution is -0.130. The van der Waals surface area contributed by atoms with Crippen LogP contribution in [-0.2, 0) is 11.3 Å². The van der Waals surface area contributed by atoms with E-state index in [9.17, 15) is 9.90 Å². The van der Waals surface area contributed by atoms with Crippen LogP contribution in [0.15, 0.2) is 83.2 Å². The quantitative estimate of drug-likeness (QED) is 0.599. The molecule has 146 valence electrons. The number of pyridine rings is 1. The van der Waals surface area contributed by atoms with Crippen LogP contribution in [0.5, 0.6) is 5.75 Å². The third-order valence-electron chi connectivity index (χ3n) is 4.93. The number of benzene rings is 2. The molecule has 0 bridgehead atoms. The Hall–Kier alpha value is -3.12. The molecule has 0 fully saturated rings. The summed E-state index contributed by atoms with van der Waals surface area (Å²) in [5, 5.41) is 10.8. The van der Waals surface area contributed by atoms with Gasteiger partial charge in [0.05, 0.1) is 25.4 Å². The van der Waals surface area contributed by atoms with E-state index < -0.39 is 11.9 Å². The van der Waals surface area contributed by atoms with Crippen molar-refractivity contribution in [3.8, 4) is 5.75 Å². The van der Waals surface area contributed by atoms with Gasteiger partial charge in [0.2, 0.25) is 0 Å². The fourth-order valence-corrected chi connectivity index (χ4v) is 3.99. The molecule has 4 rings (SSSR count). The lowest BCUT2D eigenvalue weighted by Gasteiger charge is -2.27. The molecule has 0 radical (unpaired) electrons. The van der Waals surface area contributed by atoms with Crippen LogP contribution >= 0.6 is 15.9 Å². The van der Waals surface area contributed by atoms with Gasteiger partial charge in [-0.1, -0.05) is 46.3 Å². The standard InChI is InChI=1S/C23H19BrN2O3/c1-29-19-10-8-15(9-11-19)20-21(16-5-4-6-17(24)13-16)26(23(28)22(20)27)14-18-7-2-3-12-25-18/h2-13,21,27H,14H2,1H3/t21-/m0/s1. The van der Waals surface area contributed by atoms with E-state index in [2.05, 4.69) is 20.9 Å². The van der Waals surface area contributed by atoms with E-state index in [1.165, 1.54) is 0 Å². The van der Waals surface area contributed by atoms with Crippen molar-refractivity contribution in [2.75, 3.05) is 7.11 Å². The fraction of sp³-hybridized carbons (Fsp3) is 0.130. The van der Waals surface area contributed by atoms with Crippen molar-refractivity contribution in [2.45, 2.75) is 12.6 Å². The van der Waals surface area contributed by atoms with Crippen LogP contribution in [0.3, 0.4) is 0 Å². The third-order valence-corrected chi connectivity index (χ3v) is 5.42. The van der Waals surface area contributed by atoms with Crippen molar-refractivity contribution in [2.24, 2.45) is 0 Å². The fourth-order valence-electron chi connectivity index (χ4n) is 3.57. The minimum Gasteiger partial charge on any atom is -0.503 e. The van der Waals surface area contributed by atoms with E-state index >= 15 is 0 Å². The van der Waals surface area contributed by atoms with Gasteiger partial charge in [-0.15, -0.1) is 0 Å². The molecule has 2 heterocycles. The number of methoxy groups -OCH3 is 1. The Morgan fingerprint density at radius 3 is 2.55 bits per heavy atom. The molecule has 1 amide bonds. The zero-order chi connectivity index (χ0) is 20.4. The summed E-state index contributed by atoms with van der Waals surface area (Å²) in [5.41, 5.74) is 3.00. The van der Waals surface area contributed by atoms with Gasteiger partial charge in [-0.25, -0.2) is 0 Å². The van der Waals surface area contributed by atoms with Crippen LogP contribution in [-0.4, -0.2) is 28.0 Å². The van der Waals surface area contributed by atoms with Gasteiger partial charge in [0, 0.05) is 16.2 Å². The van der Waals surface area contributed by atoms with E-state index in [1.54, 1.807) is 18.2 Å². The van der Waals surface area contributed by atoms with Gasteiger partial charge in [0.15, 0.2) is 5.76 Å². The number of hydrogen-bond acceptors (Lipinski definition) is 4. The topological polar surface area (TPSA) is 62.7 Å². The number of nitrogens with zero attached hydrogens (tertiary/aromatic N) is 2. The highest BCUT2D eigenvalue weighted by atomic mass is 79.9. The summed E-state index contributed by atoms with van der Waals surface area (Å²) in [4.78, 5) is 19.0. The van der Waals surface area contributed by atoms with Gasteiger partial charge in [-0.2, -0.15) is 0 Å². The average molecular weight is 451 g/mol. The van der Waals surface area contributed by atoms with Gasteiger partial charge in [0.25, 0.3) is 5.91 Å². The minimum absolute atomic E-state index is 0.240. The Kier molecular flexibility index (Phi) is 5.36. The molecule has 1 aromatic heterocycles. The largest absolute Gasteiger partial charge is 0.503 e. The van der Waals surface area contributed by atoms with Crippen LogP contribution in [0.4, 0.5) is 0 Å². The highest BCUT2D eigenvalue weighted by molar-refractivity contribution is 9.10. The Labute approximate surface area is 177 Å². The number of ether oxygens (including phenoxy) is 1. The SMILES string of the molecule is COc1ccc(C2=C(O)C(=O)N(Cc3ccccn3)[C@H]2c2cccc(Br)c2)cc1. The summed E-state index contributed by atoms with van der Waals surface area (Å²) < 4.78 is 6.14. The first kappa shape index (κ1) is 19.2. The first-order chi connectivity index (χ1) is 14.1. The highest BCUT2D eigenvalue weighted by Gasteiger charge is 2.41. The number of carbonyl (C=O) groups excluding carboxylic acids is 1. The molecule has 3 aromatic rings. The lowest BCUT2D eigenvalue weighted by Crippen LogP contribution is -2.30. The van der Waals surface area contributed by atoms with Gasteiger partial charge in [0.1, 0.15) is 5.75 Å². The van der Waals surface area contributed by atoms with E-state index in [0.717, 1.165) is 21.3 Å². The highest BCUT2D eigenvalue weighted by Crippen LogP contribution is 2.44. The predicted molar refractivity (Wildman–Crippen MR) is 114 cm³/mol. The normalized spacial score (nSPS) is 16.4. The Balaban J connectivity index is 1.81. The van der Waals surface area contributed by atoms with Crippen molar-refractivity contribution in [1.29, 1.82) is 0 Å². The zero-order valence-corrected chi connectivity index (χ0v) is 17.3. The summed E-state index contributed by atoms with van der Waals surface area (Å²) in [6, 6.07) is 20.3. The monoisotopic (exact) mass is 450 g/mol. The molecule has 1 aliphatic rings. The maximum absolute atomic E-state index is 13.0. The molecule has 5 nitrogen and oxygen atoms in total. The predicted octanol–water partition coefficient (Wildman–Crippen LogP) is 4.91. The number of hydrogen-bond donors (Lipinski definition) is 1. The second-order valence-electron chi connectivity index (χ2n) is 6.70. The first-order valence-electron chi connectivity index (χ1n) is 9.12. The van der Waals surface area contributed by atoms with E-state index in [0.29, 0.717) is 17.9 Å². The number of halogens is 1. The molecule has 0 unspecified atom stereocenters. The van der Waals surface area contributed by atoms with Crippen LogP contribution in [0, 0.1) is 0 Å². The van der Waals surface area contributed by atoms with Crippen LogP contribution in [0.1, 0.15) is 22.9 Å². The van der Waals surface area contributed by atoms with Crippen molar-refractivity contribution in [3.05, 3.63) is 100.0 Å². The number of aliphatic hydroxyl groups is 1. The molecule has 0 saturated heterocycles. The maximum Gasteiger partial charge on any atom is 0.290 e. The Bertz CT molecular complexity index is 1060. The number of rotatable bonds is 5. The average Bonchev–Trinajstić information content (AvgIpc) is 2.99. The molecule has 29 heavy (non-hydrogen) atoms. The molecule has 1 aliphatic heterocycles. The van der Waals surface area contributed by atoms with Crippen LogP contribution in [0.25, 0.3) is 5.57 Å². The number of carbonyl (C=O) groups is 1. The molecule has 1 N–H and O–H groups in total.